The summed E-state index contributed by atoms with van der Waals surface area (Å²) in [5.41, 5.74) is 5.51. The number of carboxylic acids is 1. The number of hydrogen-bond donors (Lipinski definition) is 1. The Hall–Kier alpha value is -3.85. The molecule has 0 aliphatic rings. The Bertz CT molecular complexity index is 1390. The van der Waals surface area contributed by atoms with E-state index in [0.29, 0.717) is 0 Å². The molecule has 0 saturated carbocycles. The third-order valence-electron chi connectivity index (χ3n) is 5.38. The van der Waals surface area contributed by atoms with Gasteiger partial charge in [-0.15, -0.1) is 0 Å². The highest BCUT2D eigenvalue weighted by Crippen LogP contribution is 2.36. The molecule has 1 heterocycles. The number of aryl methyl sites for hydroxylation is 1. The van der Waals surface area contributed by atoms with Gasteiger partial charge in [-0.1, -0.05) is 60.2 Å². The molecule has 0 saturated heterocycles. The summed E-state index contributed by atoms with van der Waals surface area (Å²) in [6.07, 6.45) is 0. The Labute approximate surface area is 168 Å². The summed E-state index contributed by atoms with van der Waals surface area (Å²) >= 11 is 0. The van der Waals surface area contributed by atoms with E-state index in [4.69, 9.17) is 0 Å². The number of aromatic nitrogens is 1. The molecule has 1 aromatic heterocycles. The summed E-state index contributed by atoms with van der Waals surface area (Å²) in [5, 5.41) is 13.0. The Kier molecular flexibility index (Phi) is 3.95. The molecule has 0 spiro atoms. The standard InChI is InChI=1S/C26H19NO2/c1-17-6-4-8-19(14-17)25-16-23-22-11-3-2-7-18(22)12-13-24(23)27(25)21-10-5-9-20(15-21)26(28)29/h2-16H,1H3,(H,28,29). The summed E-state index contributed by atoms with van der Waals surface area (Å²) < 4.78 is 2.16. The van der Waals surface area contributed by atoms with Crippen molar-refractivity contribution in [2.75, 3.05) is 0 Å². The van der Waals surface area contributed by atoms with Crippen LogP contribution in [0, 0.1) is 6.92 Å². The van der Waals surface area contributed by atoms with Crippen molar-refractivity contribution in [3.05, 3.63) is 102 Å². The number of nitrogens with zero attached hydrogens (tertiary/aromatic N) is 1. The Balaban J connectivity index is 1.89. The lowest BCUT2D eigenvalue weighted by molar-refractivity contribution is 0.0697. The molecule has 0 amide bonds. The predicted molar refractivity (Wildman–Crippen MR) is 118 cm³/mol. The van der Waals surface area contributed by atoms with Gasteiger partial charge in [0.05, 0.1) is 16.8 Å². The second-order valence-electron chi connectivity index (χ2n) is 7.31. The number of rotatable bonds is 3. The summed E-state index contributed by atoms with van der Waals surface area (Å²) in [5.74, 6) is -0.925. The van der Waals surface area contributed by atoms with Crippen LogP contribution in [0.25, 0.3) is 38.6 Å². The van der Waals surface area contributed by atoms with Crippen molar-refractivity contribution < 1.29 is 9.90 Å². The first-order chi connectivity index (χ1) is 14.1. The molecule has 0 fully saturated rings. The molecule has 3 heteroatoms. The SMILES string of the molecule is Cc1cccc(-c2cc3c4ccccc4ccc3n2-c2cccc(C(=O)O)c2)c1. The van der Waals surface area contributed by atoms with E-state index in [0.717, 1.165) is 27.8 Å². The molecule has 0 atom stereocenters. The van der Waals surface area contributed by atoms with Gasteiger partial charge in [0.15, 0.2) is 0 Å². The van der Waals surface area contributed by atoms with E-state index in [1.54, 1.807) is 18.2 Å². The van der Waals surface area contributed by atoms with Gasteiger partial charge in [0.25, 0.3) is 0 Å². The maximum atomic E-state index is 11.6. The molecule has 0 aliphatic heterocycles. The number of fused-ring (bicyclic) bond motifs is 3. The number of carboxylic acid groups (broad SMARTS) is 1. The van der Waals surface area contributed by atoms with Crippen LogP contribution in [0.15, 0.2) is 91.0 Å². The first kappa shape index (κ1) is 17.3. The minimum atomic E-state index is -0.925. The summed E-state index contributed by atoms with van der Waals surface area (Å²) in [7, 11) is 0. The first-order valence-electron chi connectivity index (χ1n) is 9.56. The summed E-state index contributed by atoms with van der Waals surface area (Å²) in [4.78, 5) is 11.6. The molecule has 0 unspecified atom stereocenters. The van der Waals surface area contributed by atoms with Crippen LogP contribution in [-0.4, -0.2) is 15.6 Å². The van der Waals surface area contributed by atoms with Crippen molar-refractivity contribution in [1.82, 2.24) is 4.57 Å². The normalized spacial score (nSPS) is 11.2. The maximum Gasteiger partial charge on any atom is 0.335 e. The maximum absolute atomic E-state index is 11.6. The van der Waals surface area contributed by atoms with E-state index in [1.807, 2.05) is 12.1 Å². The Morgan fingerprint density at radius 2 is 1.62 bits per heavy atom. The average Bonchev–Trinajstić information content (AvgIpc) is 3.14. The zero-order valence-electron chi connectivity index (χ0n) is 16.0. The van der Waals surface area contributed by atoms with E-state index in [2.05, 4.69) is 72.2 Å². The minimum absolute atomic E-state index is 0.278. The minimum Gasteiger partial charge on any atom is -0.478 e. The second-order valence-corrected chi connectivity index (χ2v) is 7.31. The molecule has 0 radical (unpaired) electrons. The zero-order chi connectivity index (χ0) is 20.0. The Morgan fingerprint density at radius 3 is 2.45 bits per heavy atom. The first-order valence-corrected chi connectivity index (χ1v) is 9.56. The molecule has 4 aromatic carbocycles. The molecular formula is C26H19NO2. The van der Waals surface area contributed by atoms with Crippen molar-refractivity contribution >= 4 is 27.6 Å². The van der Waals surface area contributed by atoms with Crippen LogP contribution in [0.2, 0.25) is 0 Å². The summed E-state index contributed by atoms with van der Waals surface area (Å²) in [6.45, 7) is 2.08. The van der Waals surface area contributed by atoms with Gasteiger partial charge in [0.2, 0.25) is 0 Å². The monoisotopic (exact) mass is 377 g/mol. The topological polar surface area (TPSA) is 42.2 Å². The van der Waals surface area contributed by atoms with Crippen molar-refractivity contribution in [3.63, 3.8) is 0 Å². The highest BCUT2D eigenvalue weighted by Gasteiger charge is 2.15. The average molecular weight is 377 g/mol. The Morgan fingerprint density at radius 1 is 0.793 bits per heavy atom. The van der Waals surface area contributed by atoms with Crippen molar-refractivity contribution in [1.29, 1.82) is 0 Å². The number of aromatic carboxylic acids is 1. The largest absolute Gasteiger partial charge is 0.478 e. The number of hydrogen-bond acceptors (Lipinski definition) is 1. The lowest BCUT2D eigenvalue weighted by Gasteiger charge is -2.13. The summed E-state index contributed by atoms with van der Waals surface area (Å²) in [6, 6.07) is 30.3. The van der Waals surface area contributed by atoms with Crippen LogP contribution >= 0.6 is 0 Å². The lowest BCUT2D eigenvalue weighted by atomic mass is 10.1. The van der Waals surface area contributed by atoms with Gasteiger partial charge >= 0.3 is 5.97 Å². The van der Waals surface area contributed by atoms with Gasteiger partial charge in [-0.2, -0.15) is 0 Å². The molecule has 140 valence electrons. The van der Waals surface area contributed by atoms with Crippen molar-refractivity contribution in [2.45, 2.75) is 6.92 Å². The van der Waals surface area contributed by atoms with Crippen LogP contribution in [-0.2, 0) is 0 Å². The molecule has 5 rings (SSSR count). The lowest BCUT2D eigenvalue weighted by Crippen LogP contribution is -2.01. The third-order valence-corrected chi connectivity index (χ3v) is 5.38. The molecule has 1 N–H and O–H groups in total. The smallest absolute Gasteiger partial charge is 0.335 e. The predicted octanol–water partition coefficient (Wildman–Crippen LogP) is 6.46. The van der Waals surface area contributed by atoms with Gasteiger partial charge < -0.3 is 9.67 Å². The molecule has 5 aromatic rings. The van der Waals surface area contributed by atoms with Crippen molar-refractivity contribution in [2.24, 2.45) is 0 Å². The molecule has 29 heavy (non-hydrogen) atoms. The fourth-order valence-electron chi connectivity index (χ4n) is 4.03. The van der Waals surface area contributed by atoms with Crippen LogP contribution in [0.1, 0.15) is 15.9 Å². The highest BCUT2D eigenvalue weighted by atomic mass is 16.4. The van der Waals surface area contributed by atoms with Crippen LogP contribution in [0.5, 0.6) is 0 Å². The third kappa shape index (κ3) is 2.88. The molecular weight excluding hydrogens is 358 g/mol. The van der Waals surface area contributed by atoms with Crippen LogP contribution < -0.4 is 0 Å². The fourth-order valence-corrected chi connectivity index (χ4v) is 4.03. The quantitative estimate of drug-likeness (QED) is 0.392. The van der Waals surface area contributed by atoms with Gasteiger partial charge in [-0.05, 0) is 59.7 Å². The fraction of sp³-hybridized carbons (Fsp3) is 0.0385. The van der Waals surface area contributed by atoms with Gasteiger partial charge in [0.1, 0.15) is 0 Å². The van der Waals surface area contributed by atoms with E-state index < -0.39 is 5.97 Å². The highest BCUT2D eigenvalue weighted by molar-refractivity contribution is 6.09. The van der Waals surface area contributed by atoms with E-state index in [-0.39, 0.29) is 5.56 Å². The molecule has 0 aliphatic carbocycles. The van der Waals surface area contributed by atoms with Gasteiger partial charge in [-0.3, -0.25) is 0 Å². The second kappa shape index (κ2) is 6.64. The molecule has 3 nitrogen and oxygen atoms in total. The zero-order valence-corrected chi connectivity index (χ0v) is 16.0. The van der Waals surface area contributed by atoms with Crippen LogP contribution in [0.4, 0.5) is 0 Å². The number of carbonyl (C=O) groups is 1. The molecule has 0 bridgehead atoms. The van der Waals surface area contributed by atoms with Gasteiger partial charge in [-0.25, -0.2) is 4.79 Å². The van der Waals surface area contributed by atoms with Crippen LogP contribution in [0.3, 0.4) is 0 Å². The van der Waals surface area contributed by atoms with Crippen molar-refractivity contribution in [3.8, 4) is 16.9 Å². The number of benzene rings is 4. The van der Waals surface area contributed by atoms with Gasteiger partial charge in [0, 0.05) is 11.1 Å². The van der Waals surface area contributed by atoms with E-state index in [1.165, 1.54) is 16.3 Å². The van der Waals surface area contributed by atoms with E-state index >= 15 is 0 Å². The van der Waals surface area contributed by atoms with E-state index in [9.17, 15) is 9.90 Å².